The molecular weight excluding hydrogens is 506 g/mol. The summed E-state index contributed by atoms with van der Waals surface area (Å²) in [5.41, 5.74) is 1.91. The molecule has 0 atom stereocenters. The first-order valence-corrected chi connectivity index (χ1v) is 12.7. The fourth-order valence-corrected chi connectivity index (χ4v) is 5.52. The number of aryl methyl sites for hydroxylation is 1. The maximum absolute atomic E-state index is 15.4. The molecule has 192 valence electrons. The van der Waals surface area contributed by atoms with E-state index in [0.29, 0.717) is 22.4 Å². The Hall–Kier alpha value is -4.03. The molecule has 4 aromatic rings. The Balaban J connectivity index is 1.54. The van der Waals surface area contributed by atoms with Crippen LogP contribution in [0.25, 0.3) is 16.8 Å². The van der Waals surface area contributed by atoms with Gasteiger partial charge < -0.3 is 9.26 Å². The highest BCUT2D eigenvalue weighted by Gasteiger charge is 2.30. The molecule has 5 rings (SSSR count). The second kappa shape index (κ2) is 9.45. The lowest BCUT2D eigenvalue weighted by Gasteiger charge is -2.30. The summed E-state index contributed by atoms with van der Waals surface area (Å²) < 4.78 is 69.8. The third-order valence-electron chi connectivity index (χ3n) is 6.22. The van der Waals surface area contributed by atoms with Gasteiger partial charge in [-0.05, 0) is 41.8 Å². The number of fused-ring (bicyclic) bond motifs is 1. The topological polar surface area (TPSA) is 107 Å². The van der Waals surface area contributed by atoms with Gasteiger partial charge in [-0.1, -0.05) is 17.3 Å². The number of rotatable bonds is 6. The number of halogens is 2. The summed E-state index contributed by atoms with van der Waals surface area (Å²) >= 11 is 0. The van der Waals surface area contributed by atoms with E-state index in [4.69, 9.17) is 4.74 Å². The van der Waals surface area contributed by atoms with Crippen LogP contribution >= 0.6 is 0 Å². The molecular formula is C25H22F2N4O5S. The Kier molecular flexibility index (Phi) is 6.30. The molecule has 0 radical (unpaired) electrons. The standard InChI is InChI=1S/C25H22F2N4O5S/c1-15-11-16(3-5-19(15)26)18-12-23(35-2)22(13-20(18)27)31-21-7-9-30(14-17(21)4-6-25(31)32)37(33,34)29-24-8-10-36-28-24/h3-6,8,10-13H,7,9,14H2,1-2H3,(H,28,29). The Morgan fingerprint density at radius 3 is 2.59 bits per heavy atom. The molecule has 0 fully saturated rings. The highest BCUT2D eigenvalue weighted by Crippen LogP contribution is 2.34. The van der Waals surface area contributed by atoms with E-state index < -0.39 is 27.4 Å². The second-order valence-electron chi connectivity index (χ2n) is 8.52. The van der Waals surface area contributed by atoms with Crippen molar-refractivity contribution in [2.75, 3.05) is 18.4 Å². The van der Waals surface area contributed by atoms with Crippen molar-refractivity contribution in [2.45, 2.75) is 19.9 Å². The normalized spacial score (nSPS) is 13.8. The molecule has 1 aliphatic heterocycles. The van der Waals surface area contributed by atoms with Crippen molar-refractivity contribution in [1.82, 2.24) is 14.0 Å². The van der Waals surface area contributed by atoms with Gasteiger partial charge in [0.05, 0.1) is 12.8 Å². The number of ether oxygens (including phenoxy) is 1. The monoisotopic (exact) mass is 528 g/mol. The molecule has 9 nitrogen and oxygen atoms in total. The van der Waals surface area contributed by atoms with Crippen molar-refractivity contribution < 1.29 is 26.5 Å². The van der Waals surface area contributed by atoms with Gasteiger partial charge >= 0.3 is 10.2 Å². The SMILES string of the molecule is COc1cc(-c2ccc(F)c(C)c2)c(F)cc1-n1c2c(ccc1=O)CN(S(=O)(=O)Nc1ccon1)CC2. The van der Waals surface area contributed by atoms with Crippen molar-refractivity contribution in [3.05, 3.63) is 93.6 Å². The van der Waals surface area contributed by atoms with E-state index in [1.54, 1.807) is 13.0 Å². The van der Waals surface area contributed by atoms with Crippen LogP contribution in [0.5, 0.6) is 5.75 Å². The van der Waals surface area contributed by atoms with Gasteiger partial charge in [0.2, 0.25) is 0 Å². The Bertz CT molecular complexity index is 1650. The molecule has 0 amide bonds. The third kappa shape index (κ3) is 4.60. The van der Waals surface area contributed by atoms with E-state index in [1.807, 2.05) is 0 Å². The van der Waals surface area contributed by atoms with Gasteiger partial charge in [0, 0.05) is 49.0 Å². The van der Waals surface area contributed by atoms with Gasteiger partial charge in [0.25, 0.3) is 5.56 Å². The maximum Gasteiger partial charge on any atom is 0.303 e. The summed E-state index contributed by atoms with van der Waals surface area (Å²) in [4.78, 5) is 13.0. The van der Waals surface area contributed by atoms with Crippen LogP contribution in [0.3, 0.4) is 0 Å². The molecule has 2 aromatic heterocycles. The molecule has 1 aliphatic rings. The Morgan fingerprint density at radius 1 is 1.08 bits per heavy atom. The van der Waals surface area contributed by atoms with Crippen LogP contribution in [0, 0.1) is 18.6 Å². The number of nitrogens with one attached hydrogen (secondary N) is 1. The molecule has 0 aliphatic carbocycles. The van der Waals surface area contributed by atoms with E-state index in [0.717, 1.165) is 0 Å². The molecule has 0 saturated heterocycles. The molecule has 0 bridgehead atoms. The number of aromatic nitrogens is 2. The average molecular weight is 529 g/mol. The summed E-state index contributed by atoms with van der Waals surface area (Å²) in [7, 11) is -2.53. The number of anilines is 1. The fourth-order valence-electron chi connectivity index (χ4n) is 4.38. The van der Waals surface area contributed by atoms with Gasteiger partial charge in [0.1, 0.15) is 23.6 Å². The first kappa shape index (κ1) is 24.7. The van der Waals surface area contributed by atoms with Gasteiger partial charge in [-0.25, -0.2) is 8.78 Å². The molecule has 37 heavy (non-hydrogen) atoms. The van der Waals surface area contributed by atoms with E-state index >= 15 is 4.39 Å². The predicted octanol–water partition coefficient (Wildman–Crippen LogP) is 3.80. The molecule has 0 saturated carbocycles. The van der Waals surface area contributed by atoms with Crippen LogP contribution in [0.15, 0.2) is 64.1 Å². The Morgan fingerprint density at radius 2 is 1.89 bits per heavy atom. The molecule has 12 heteroatoms. The number of pyridine rings is 1. The highest BCUT2D eigenvalue weighted by atomic mass is 32.2. The first-order valence-electron chi connectivity index (χ1n) is 11.2. The van der Waals surface area contributed by atoms with Crippen LogP contribution in [-0.4, -0.2) is 36.1 Å². The number of hydrogen-bond acceptors (Lipinski definition) is 6. The summed E-state index contributed by atoms with van der Waals surface area (Å²) in [6, 6.07) is 11.2. The smallest absolute Gasteiger partial charge is 0.303 e. The number of benzene rings is 2. The lowest BCUT2D eigenvalue weighted by atomic mass is 10.0. The van der Waals surface area contributed by atoms with Crippen LogP contribution in [-0.2, 0) is 23.2 Å². The van der Waals surface area contributed by atoms with E-state index in [-0.39, 0.29) is 42.3 Å². The summed E-state index contributed by atoms with van der Waals surface area (Å²) in [5.74, 6) is -0.741. The number of methoxy groups -OCH3 is 1. The summed E-state index contributed by atoms with van der Waals surface area (Å²) in [5, 5.41) is 3.57. The lowest BCUT2D eigenvalue weighted by Crippen LogP contribution is -2.41. The van der Waals surface area contributed by atoms with Gasteiger partial charge in [-0.3, -0.25) is 14.1 Å². The number of nitrogens with zero attached hydrogens (tertiary/aromatic N) is 3. The Labute approximate surface area is 211 Å². The zero-order valence-electron chi connectivity index (χ0n) is 19.9. The molecule has 2 aromatic carbocycles. The number of hydrogen-bond donors (Lipinski definition) is 1. The molecule has 0 unspecified atom stereocenters. The van der Waals surface area contributed by atoms with E-state index in [9.17, 15) is 17.6 Å². The van der Waals surface area contributed by atoms with Gasteiger partial charge in [-0.2, -0.15) is 12.7 Å². The van der Waals surface area contributed by atoms with Crippen molar-refractivity contribution in [3.63, 3.8) is 0 Å². The van der Waals surface area contributed by atoms with Crippen molar-refractivity contribution >= 4 is 16.0 Å². The highest BCUT2D eigenvalue weighted by molar-refractivity contribution is 7.90. The maximum atomic E-state index is 15.4. The van der Waals surface area contributed by atoms with Crippen LogP contribution in [0.2, 0.25) is 0 Å². The predicted molar refractivity (Wildman–Crippen MR) is 132 cm³/mol. The molecule has 0 spiro atoms. The van der Waals surface area contributed by atoms with Gasteiger partial charge in [0.15, 0.2) is 5.82 Å². The first-order chi connectivity index (χ1) is 17.7. The second-order valence-corrected chi connectivity index (χ2v) is 10.2. The lowest BCUT2D eigenvalue weighted by molar-refractivity contribution is 0.384. The van der Waals surface area contributed by atoms with E-state index in [1.165, 1.54) is 64.7 Å². The van der Waals surface area contributed by atoms with Crippen LogP contribution in [0.4, 0.5) is 14.6 Å². The van der Waals surface area contributed by atoms with Crippen molar-refractivity contribution in [2.24, 2.45) is 0 Å². The fraction of sp³-hybridized carbons (Fsp3) is 0.200. The largest absolute Gasteiger partial charge is 0.495 e. The van der Waals surface area contributed by atoms with Gasteiger partial charge in [-0.15, -0.1) is 0 Å². The third-order valence-corrected chi connectivity index (χ3v) is 7.68. The van der Waals surface area contributed by atoms with E-state index in [2.05, 4.69) is 14.4 Å². The summed E-state index contributed by atoms with van der Waals surface area (Å²) in [6.45, 7) is 1.64. The average Bonchev–Trinajstić information content (AvgIpc) is 3.37. The molecule has 1 N–H and O–H groups in total. The van der Waals surface area contributed by atoms with Crippen molar-refractivity contribution in [1.29, 1.82) is 0 Å². The van der Waals surface area contributed by atoms with Crippen LogP contribution in [0.1, 0.15) is 16.8 Å². The quantitative estimate of drug-likeness (QED) is 0.408. The zero-order chi connectivity index (χ0) is 26.3. The van der Waals surface area contributed by atoms with Crippen molar-refractivity contribution in [3.8, 4) is 22.6 Å². The summed E-state index contributed by atoms with van der Waals surface area (Å²) in [6.07, 6.45) is 1.44. The molecule has 3 heterocycles. The zero-order valence-corrected chi connectivity index (χ0v) is 20.7. The minimum Gasteiger partial charge on any atom is -0.495 e. The minimum atomic E-state index is -3.94. The van der Waals surface area contributed by atoms with Crippen LogP contribution < -0.4 is 15.0 Å². The minimum absolute atomic E-state index is 0.0134.